The molecule has 2 aromatic heterocycles. The van der Waals surface area contributed by atoms with E-state index < -0.39 is 0 Å². The largest absolute Gasteiger partial charge is 0.282 e. The van der Waals surface area contributed by atoms with Crippen LogP contribution in [-0.4, -0.2) is 15.2 Å². The fourth-order valence-electron chi connectivity index (χ4n) is 0.886. The fourth-order valence-corrected chi connectivity index (χ4v) is 1.53. The Labute approximate surface area is 68.1 Å². The third-order valence-corrected chi connectivity index (χ3v) is 2.16. The van der Waals surface area contributed by atoms with Crippen molar-refractivity contribution < 1.29 is 0 Å². The first-order chi connectivity index (χ1) is 5.45. The highest BCUT2D eigenvalue weighted by atomic mass is 32.1. The van der Waals surface area contributed by atoms with E-state index in [0.29, 0.717) is 0 Å². The lowest BCUT2D eigenvalue weighted by molar-refractivity contribution is 0.987. The van der Waals surface area contributed by atoms with E-state index in [4.69, 9.17) is 0 Å². The minimum absolute atomic E-state index is 0.859. The SMILES string of the molecule is c1cc(Cc2nccs2)[nH]n1. The van der Waals surface area contributed by atoms with Gasteiger partial charge >= 0.3 is 0 Å². The van der Waals surface area contributed by atoms with Crippen LogP contribution in [0.1, 0.15) is 10.7 Å². The number of aromatic nitrogens is 3. The maximum atomic E-state index is 4.16. The van der Waals surface area contributed by atoms with E-state index in [-0.39, 0.29) is 0 Å². The molecule has 56 valence electrons. The maximum Gasteiger partial charge on any atom is 0.0984 e. The molecule has 1 N–H and O–H groups in total. The van der Waals surface area contributed by atoms with Gasteiger partial charge in [-0.1, -0.05) is 0 Å². The summed E-state index contributed by atoms with van der Waals surface area (Å²) >= 11 is 1.66. The number of nitrogens with zero attached hydrogens (tertiary/aromatic N) is 2. The van der Waals surface area contributed by atoms with Gasteiger partial charge in [0.25, 0.3) is 0 Å². The molecule has 0 aliphatic rings. The normalized spacial score (nSPS) is 10.2. The van der Waals surface area contributed by atoms with Gasteiger partial charge in [-0.25, -0.2) is 4.98 Å². The van der Waals surface area contributed by atoms with Crippen molar-refractivity contribution in [1.82, 2.24) is 15.2 Å². The summed E-state index contributed by atoms with van der Waals surface area (Å²) < 4.78 is 0. The summed E-state index contributed by atoms with van der Waals surface area (Å²) in [6.07, 6.45) is 4.43. The monoisotopic (exact) mass is 165 g/mol. The van der Waals surface area contributed by atoms with Gasteiger partial charge in [0.2, 0.25) is 0 Å². The quantitative estimate of drug-likeness (QED) is 0.731. The predicted octanol–water partition coefficient (Wildman–Crippen LogP) is 1.46. The highest BCUT2D eigenvalue weighted by molar-refractivity contribution is 7.09. The molecule has 0 aromatic carbocycles. The van der Waals surface area contributed by atoms with Gasteiger partial charge in [0, 0.05) is 29.9 Å². The van der Waals surface area contributed by atoms with Crippen LogP contribution >= 0.6 is 11.3 Å². The van der Waals surface area contributed by atoms with Crippen molar-refractivity contribution in [3.63, 3.8) is 0 Å². The van der Waals surface area contributed by atoms with Crippen LogP contribution in [0.4, 0.5) is 0 Å². The maximum absolute atomic E-state index is 4.16. The van der Waals surface area contributed by atoms with E-state index in [1.54, 1.807) is 17.5 Å². The third-order valence-electron chi connectivity index (χ3n) is 1.38. The second kappa shape index (κ2) is 2.84. The molecule has 4 heteroatoms. The van der Waals surface area contributed by atoms with Crippen LogP contribution in [0.3, 0.4) is 0 Å². The molecule has 0 fully saturated rings. The molecule has 2 aromatic rings. The average molecular weight is 165 g/mol. The first kappa shape index (κ1) is 6.54. The van der Waals surface area contributed by atoms with Crippen molar-refractivity contribution in [2.75, 3.05) is 0 Å². The molecule has 0 saturated heterocycles. The average Bonchev–Trinajstić information content (AvgIpc) is 2.60. The van der Waals surface area contributed by atoms with E-state index >= 15 is 0 Å². The van der Waals surface area contributed by atoms with Crippen molar-refractivity contribution in [3.8, 4) is 0 Å². The predicted molar refractivity (Wildman–Crippen MR) is 43.5 cm³/mol. The minimum Gasteiger partial charge on any atom is -0.282 e. The molecule has 0 aliphatic heterocycles. The van der Waals surface area contributed by atoms with Crippen molar-refractivity contribution in [2.45, 2.75) is 6.42 Å². The Bertz CT molecular complexity index is 266. The zero-order valence-electron chi connectivity index (χ0n) is 5.82. The Morgan fingerprint density at radius 3 is 3.09 bits per heavy atom. The van der Waals surface area contributed by atoms with Crippen LogP contribution in [0.15, 0.2) is 23.8 Å². The van der Waals surface area contributed by atoms with Gasteiger partial charge < -0.3 is 0 Å². The Morgan fingerprint density at radius 2 is 2.45 bits per heavy atom. The van der Waals surface area contributed by atoms with Gasteiger partial charge in [-0.15, -0.1) is 11.3 Å². The third kappa shape index (κ3) is 1.46. The van der Waals surface area contributed by atoms with Gasteiger partial charge in [0.15, 0.2) is 0 Å². The number of hydrogen-bond donors (Lipinski definition) is 1. The molecule has 2 rings (SSSR count). The molecule has 0 amide bonds. The van der Waals surface area contributed by atoms with Gasteiger partial charge in [0.1, 0.15) is 0 Å². The van der Waals surface area contributed by atoms with E-state index in [1.807, 2.05) is 17.6 Å². The molecule has 0 radical (unpaired) electrons. The standard InChI is InChI=1S/C7H7N3S/c1-2-9-10-6(1)5-7-8-3-4-11-7/h1-4H,5H2,(H,9,10). The van der Waals surface area contributed by atoms with E-state index in [1.165, 1.54) is 0 Å². The number of aromatic amines is 1. The molecule has 0 atom stereocenters. The zero-order chi connectivity index (χ0) is 7.52. The summed E-state index contributed by atoms with van der Waals surface area (Å²) in [4.78, 5) is 4.16. The molecule has 0 aliphatic carbocycles. The first-order valence-electron chi connectivity index (χ1n) is 3.32. The van der Waals surface area contributed by atoms with Crippen LogP contribution in [0.25, 0.3) is 0 Å². The topological polar surface area (TPSA) is 41.6 Å². The van der Waals surface area contributed by atoms with Gasteiger partial charge in [-0.05, 0) is 6.07 Å². The van der Waals surface area contributed by atoms with Crippen LogP contribution < -0.4 is 0 Å². The van der Waals surface area contributed by atoms with Gasteiger partial charge in [0.05, 0.1) is 5.01 Å². The lowest BCUT2D eigenvalue weighted by Gasteiger charge is -1.88. The van der Waals surface area contributed by atoms with E-state index in [9.17, 15) is 0 Å². The smallest absolute Gasteiger partial charge is 0.0984 e. The summed E-state index contributed by atoms with van der Waals surface area (Å²) in [6, 6.07) is 1.96. The van der Waals surface area contributed by atoms with Crippen molar-refractivity contribution in [1.29, 1.82) is 0 Å². The molecule has 0 unspecified atom stereocenters. The van der Waals surface area contributed by atoms with Crippen LogP contribution in [0, 0.1) is 0 Å². The molecule has 2 heterocycles. The summed E-state index contributed by atoms with van der Waals surface area (Å²) in [5, 5.41) is 9.84. The molecular weight excluding hydrogens is 158 g/mol. The molecule has 0 bridgehead atoms. The summed E-state index contributed by atoms with van der Waals surface area (Å²) in [5.41, 5.74) is 1.11. The highest BCUT2D eigenvalue weighted by Crippen LogP contribution is 2.08. The Hall–Kier alpha value is -1.16. The molecule has 3 nitrogen and oxygen atoms in total. The highest BCUT2D eigenvalue weighted by Gasteiger charge is 1.97. The van der Waals surface area contributed by atoms with Crippen molar-refractivity contribution in [2.24, 2.45) is 0 Å². The molecule has 0 saturated carbocycles. The second-order valence-electron chi connectivity index (χ2n) is 2.18. The van der Waals surface area contributed by atoms with E-state index in [0.717, 1.165) is 17.1 Å². The van der Waals surface area contributed by atoms with Gasteiger partial charge in [-0.3, -0.25) is 5.10 Å². The van der Waals surface area contributed by atoms with Gasteiger partial charge in [-0.2, -0.15) is 5.10 Å². The Balaban J connectivity index is 2.14. The molecule has 11 heavy (non-hydrogen) atoms. The van der Waals surface area contributed by atoms with Crippen LogP contribution in [0.5, 0.6) is 0 Å². The van der Waals surface area contributed by atoms with Crippen molar-refractivity contribution >= 4 is 11.3 Å². The summed E-state index contributed by atoms with van der Waals surface area (Å²) in [6.45, 7) is 0. The number of thiazole rings is 1. The Morgan fingerprint density at radius 1 is 1.45 bits per heavy atom. The Kier molecular flexibility index (Phi) is 1.69. The number of nitrogens with one attached hydrogen (secondary N) is 1. The number of rotatable bonds is 2. The minimum atomic E-state index is 0.859. The summed E-state index contributed by atoms with van der Waals surface area (Å²) in [5.74, 6) is 0. The molecular formula is C7H7N3S. The second-order valence-corrected chi connectivity index (χ2v) is 3.16. The lowest BCUT2D eigenvalue weighted by Crippen LogP contribution is -1.86. The number of hydrogen-bond acceptors (Lipinski definition) is 3. The molecule has 0 spiro atoms. The first-order valence-corrected chi connectivity index (χ1v) is 4.20. The zero-order valence-corrected chi connectivity index (χ0v) is 6.64. The lowest BCUT2D eigenvalue weighted by atomic mass is 10.3. The van der Waals surface area contributed by atoms with E-state index in [2.05, 4.69) is 15.2 Å². The van der Waals surface area contributed by atoms with Crippen LogP contribution in [-0.2, 0) is 6.42 Å². The van der Waals surface area contributed by atoms with Crippen LogP contribution in [0.2, 0.25) is 0 Å². The summed E-state index contributed by atoms with van der Waals surface area (Å²) in [7, 11) is 0. The van der Waals surface area contributed by atoms with Crippen molar-refractivity contribution in [3.05, 3.63) is 34.5 Å². The number of H-pyrrole nitrogens is 1. The fraction of sp³-hybridized carbons (Fsp3) is 0.143.